The Morgan fingerprint density at radius 2 is 2.12 bits per heavy atom. The number of methoxy groups -OCH3 is 1. The number of nitrogens with zero attached hydrogens (tertiary/aromatic N) is 2. The molecule has 0 saturated carbocycles. The van der Waals surface area contributed by atoms with Gasteiger partial charge in [0.25, 0.3) is 0 Å². The van der Waals surface area contributed by atoms with Crippen LogP contribution in [0.4, 0.5) is 13.2 Å². The SMILES string of the molecule is COC(=O)c1ccc2nc(C3C=CC(OC(F)(F)F)=CC3)n(C)c2c1. The molecule has 0 saturated heterocycles. The lowest BCUT2D eigenvalue weighted by Gasteiger charge is -2.17. The summed E-state index contributed by atoms with van der Waals surface area (Å²) in [5, 5.41) is 0. The topological polar surface area (TPSA) is 53.4 Å². The minimum absolute atomic E-state index is 0.181. The lowest BCUT2D eigenvalue weighted by Crippen LogP contribution is -2.14. The number of benzene rings is 1. The fourth-order valence-corrected chi connectivity index (χ4v) is 2.79. The van der Waals surface area contributed by atoms with Crippen LogP contribution in [0.3, 0.4) is 0 Å². The summed E-state index contributed by atoms with van der Waals surface area (Å²) in [7, 11) is 3.10. The van der Waals surface area contributed by atoms with Crippen molar-refractivity contribution in [3.63, 3.8) is 0 Å². The van der Waals surface area contributed by atoms with E-state index < -0.39 is 12.3 Å². The van der Waals surface area contributed by atoms with E-state index in [0.29, 0.717) is 23.3 Å². The summed E-state index contributed by atoms with van der Waals surface area (Å²) < 4.78 is 47.2. The quantitative estimate of drug-likeness (QED) is 0.788. The Kier molecular flexibility index (Phi) is 4.28. The first-order valence-electron chi connectivity index (χ1n) is 7.47. The van der Waals surface area contributed by atoms with Gasteiger partial charge < -0.3 is 14.0 Å². The number of ether oxygens (including phenoxy) is 2. The number of carbonyl (C=O) groups is 1. The third-order valence-electron chi connectivity index (χ3n) is 3.97. The van der Waals surface area contributed by atoms with Gasteiger partial charge in [-0.3, -0.25) is 0 Å². The second-order valence-corrected chi connectivity index (χ2v) is 5.58. The third-order valence-corrected chi connectivity index (χ3v) is 3.97. The molecule has 8 heteroatoms. The number of rotatable bonds is 3. The number of hydrogen-bond acceptors (Lipinski definition) is 4. The Labute approximate surface area is 141 Å². The molecule has 2 aromatic rings. The van der Waals surface area contributed by atoms with Gasteiger partial charge in [0.1, 0.15) is 11.6 Å². The van der Waals surface area contributed by atoms with Crippen molar-refractivity contribution in [2.24, 2.45) is 7.05 Å². The molecule has 0 N–H and O–H groups in total. The normalized spacial score (nSPS) is 17.5. The van der Waals surface area contributed by atoms with Gasteiger partial charge in [0, 0.05) is 13.0 Å². The molecule has 1 heterocycles. The number of allylic oxidation sites excluding steroid dienone is 3. The van der Waals surface area contributed by atoms with Crippen LogP contribution in [0.15, 0.2) is 42.2 Å². The van der Waals surface area contributed by atoms with Crippen molar-refractivity contribution in [3.8, 4) is 0 Å². The predicted octanol–water partition coefficient (Wildman–Crippen LogP) is 3.82. The molecule has 0 aliphatic heterocycles. The first-order valence-corrected chi connectivity index (χ1v) is 7.47. The number of carbonyl (C=O) groups excluding carboxylic acids is 1. The predicted molar refractivity (Wildman–Crippen MR) is 83.8 cm³/mol. The summed E-state index contributed by atoms with van der Waals surface area (Å²) in [5.74, 6) is -0.162. The molecule has 1 aromatic carbocycles. The number of aryl methyl sites for hydroxylation is 1. The van der Waals surface area contributed by atoms with Crippen LogP contribution >= 0.6 is 0 Å². The monoisotopic (exact) mass is 352 g/mol. The third kappa shape index (κ3) is 3.52. The van der Waals surface area contributed by atoms with Crippen molar-refractivity contribution in [2.75, 3.05) is 7.11 Å². The molecule has 5 nitrogen and oxygen atoms in total. The van der Waals surface area contributed by atoms with Gasteiger partial charge in [-0.05, 0) is 36.8 Å². The summed E-state index contributed by atoms with van der Waals surface area (Å²) in [5.41, 5.74) is 1.84. The Bertz CT molecular complexity index is 881. The highest BCUT2D eigenvalue weighted by Crippen LogP contribution is 2.31. The van der Waals surface area contributed by atoms with Crippen molar-refractivity contribution in [3.05, 3.63) is 53.6 Å². The van der Waals surface area contributed by atoms with Crippen molar-refractivity contribution < 1.29 is 27.4 Å². The van der Waals surface area contributed by atoms with Crippen LogP contribution in [0.25, 0.3) is 11.0 Å². The van der Waals surface area contributed by atoms with Gasteiger partial charge in [-0.1, -0.05) is 6.08 Å². The number of fused-ring (bicyclic) bond motifs is 1. The molecule has 1 aromatic heterocycles. The molecule has 0 amide bonds. The number of aromatic nitrogens is 2. The molecule has 1 aliphatic carbocycles. The molecular weight excluding hydrogens is 337 g/mol. The first-order chi connectivity index (χ1) is 11.8. The standard InChI is InChI=1S/C17H15F3N2O3/c1-22-14-9-11(16(23)24-2)5-8-13(14)21-15(22)10-3-6-12(7-4-10)25-17(18,19)20/h3,5-10H,4H2,1-2H3. The molecule has 1 unspecified atom stereocenters. The van der Waals surface area contributed by atoms with Gasteiger partial charge in [-0.2, -0.15) is 0 Å². The average Bonchev–Trinajstić information content (AvgIpc) is 2.90. The number of alkyl halides is 3. The van der Waals surface area contributed by atoms with E-state index in [1.807, 2.05) is 4.57 Å². The van der Waals surface area contributed by atoms with Crippen molar-refractivity contribution in [2.45, 2.75) is 18.7 Å². The van der Waals surface area contributed by atoms with Crippen LogP contribution < -0.4 is 0 Å². The molecule has 0 bridgehead atoms. The lowest BCUT2D eigenvalue weighted by atomic mass is 9.99. The maximum Gasteiger partial charge on any atom is 0.573 e. The van der Waals surface area contributed by atoms with E-state index in [1.54, 1.807) is 31.3 Å². The van der Waals surface area contributed by atoms with E-state index in [-0.39, 0.29) is 11.7 Å². The highest BCUT2D eigenvalue weighted by atomic mass is 19.4. The molecule has 3 rings (SSSR count). The first kappa shape index (κ1) is 17.1. The number of hydrogen-bond donors (Lipinski definition) is 0. The highest BCUT2D eigenvalue weighted by molar-refractivity contribution is 5.93. The van der Waals surface area contributed by atoms with E-state index in [4.69, 9.17) is 4.74 Å². The van der Waals surface area contributed by atoms with Gasteiger partial charge in [-0.15, -0.1) is 13.2 Å². The van der Waals surface area contributed by atoms with Gasteiger partial charge in [-0.25, -0.2) is 9.78 Å². The van der Waals surface area contributed by atoms with E-state index in [1.165, 1.54) is 19.3 Å². The lowest BCUT2D eigenvalue weighted by molar-refractivity contribution is -0.303. The Balaban J connectivity index is 1.87. The van der Waals surface area contributed by atoms with Gasteiger partial charge >= 0.3 is 12.3 Å². The second kappa shape index (κ2) is 6.27. The number of imidazole rings is 1. The minimum atomic E-state index is -4.70. The Morgan fingerprint density at radius 3 is 2.72 bits per heavy atom. The molecule has 1 aliphatic rings. The molecular formula is C17H15F3N2O3. The molecule has 132 valence electrons. The summed E-state index contributed by atoms with van der Waals surface area (Å²) in [4.78, 5) is 16.2. The van der Waals surface area contributed by atoms with Crippen LogP contribution in [0.1, 0.15) is 28.5 Å². The Morgan fingerprint density at radius 1 is 1.36 bits per heavy atom. The highest BCUT2D eigenvalue weighted by Gasteiger charge is 2.32. The largest absolute Gasteiger partial charge is 0.573 e. The Hall–Kier alpha value is -2.77. The summed E-state index contributed by atoms with van der Waals surface area (Å²) >= 11 is 0. The maximum atomic E-state index is 12.2. The van der Waals surface area contributed by atoms with E-state index >= 15 is 0 Å². The van der Waals surface area contributed by atoms with E-state index in [9.17, 15) is 18.0 Å². The molecule has 0 radical (unpaired) electrons. The van der Waals surface area contributed by atoms with E-state index in [0.717, 1.165) is 5.52 Å². The zero-order valence-corrected chi connectivity index (χ0v) is 13.5. The summed E-state index contributed by atoms with van der Waals surface area (Å²) in [6, 6.07) is 5.01. The minimum Gasteiger partial charge on any atom is -0.465 e. The molecule has 25 heavy (non-hydrogen) atoms. The summed E-state index contributed by atoms with van der Waals surface area (Å²) in [6.45, 7) is 0. The van der Waals surface area contributed by atoms with Gasteiger partial charge in [0.2, 0.25) is 0 Å². The molecule has 0 fully saturated rings. The number of halogens is 3. The maximum absolute atomic E-state index is 12.2. The van der Waals surface area contributed by atoms with Gasteiger partial charge in [0.05, 0.1) is 23.7 Å². The molecule has 1 atom stereocenters. The average molecular weight is 352 g/mol. The fraction of sp³-hybridized carbons (Fsp3) is 0.294. The second-order valence-electron chi connectivity index (χ2n) is 5.58. The molecule has 0 spiro atoms. The van der Waals surface area contributed by atoms with Crippen molar-refractivity contribution in [1.82, 2.24) is 9.55 Å². The van der Waals surface area contributed by atoms with E-state index in [2.05, 4.69) is 9.72 Å². The zero-order chi connectivity index (χ0) is 18.2. The van der Waals surface area contributed by atoms with Crippen LogP contribution in [-0.4, -0.2) is 29.0 Å². The van der Waals surface area contributed by atoms with Crippen molar-refractivity contribution >= 4 is 17.0 Å². The van der Waals surface area contributed by atoms with Crippen LogP contribution in [0.5, 0.6) is 0 Å². The van der Waals surface area contributed by atoms with Crippen LogP contribution in [0, 0.1) is 0 Å². The number of esters is 1. The van der Waals surface area contributed by atoms with Crippen molar-refractivity contribution in [1.29, 1.82) is 0 Å². The van der Waals surface area contributed by atoms with Gasteiger partial charge in [0.15, 0.2) is 0 Å². The summed E-state index contributed by atoms with van der Waals surface area (Å²) in [6.07, 6.45) is -0.0596. The van der Waals surface area contributed by atoms with Crippen LogP contribution in [0.2, 0.25) is 0 Å². The van der Waals surface area contributed by atoms with Crippen LogP contribution in [-0.2, 0) is 16.5 Å². The fourth-order valence-electron chi connectivity index (χ4n) is 2.79. The smallest absolute Gasteiger partial charge is 0.465 e. The zero-order valence-electron chi connectivity index (χ0n) is 13.5.